The minimum absolute atomic E-state index is 0.00657. The molecule has 0 bridgehead atoms. The number of halogens is 2. The Morgan fingerprint density at radius 2 is 1.96 bits per heavy atom. The summed E-state index contributed by atoms with van der Waals surface area (Å²) in [6.45, 7) is 3.21. The van der Waals surface area contributed by atoms with Crippen LogP contribution in [-0.4, -0.2) is 39.8 Å². The molecule has 0 radical (unpaired) electrons. The molecule has 2 atom stereocenters. The number of fused-ring (bicyclic) bond motifs is 1. The number of amides is 2. The number of anilines is 1. The first kappa shape index (κ1) is 18.4. The first-order valence-corrected chi connectivity index (χ1v) is 9.86. The molecule has 1 N–H and O–H groups in total. The number of carbonyl (C=O) groups is 2. The lowest BCUT2D eigenvalue weighted by Crippen LogP contribution is -2.37. The van der Waals surface area contributed by atoms with E-state index in [2.05, 4.69) is 15.3 Å². The number of nitrogens with zero attached hydrogens (tertiary/aromatic N) is 3. The molecule has 2 fully saturated rings. The minimum atomic E-state index is 0.00657. The highest BCUT2D eigenvalue weighted by atomic mass is 35.5. The Bertz CT molecular complexity index is 912. The van der Waals surface area contributed by atoms with Crippen LogP contribution in [0.25, 0.3) is 10.8 Å². The molecule has 4 rings (SSSR count). The van der Waals surface area contributed by atoms with E-state index in [-0.39, 0.29) is 17.7 Å². The average molecular weight is 407 g/mol. The van der Waals surface area contributed by atoms with E-state index in [0.717, 1.165) is 37.7 Å². The number of piperidine rings is 1. The second-order valence-electron chi connectivity index (χ2n) is 7.37. The molecule has 1 aliphatic carbocycles. The Morgan fingerprint density at radius 3 is 2.67 bits per heavy atom. The van der Waals surface area contributed by atoms with E-state index in [4.69, 9.17) is 23.2 Å². The van der Waals surface area contributed by atoms with E-state index in [0.29, 0.717) is 33.3 Å². The SMILES string of the molecule is CC(=O)N1CCC(C2CC2C(=O)Nc2cc3cc(Cl)nc(Cl)c3cn2)CC1. The van der Waals surface area contributed by atoms with Crippen molar-refractivity contribution in [1.29, 1.82) is 0 Å². The third-order valence-corrected chi connectivity index (χ3v) is 6.14. The maximum Gasteiger partial charge on any atom is 0.228 e. The van der Waals surface area contributed by atoms with Gasteiger partial charge in [-0.2, -0.15) is 0 Å². The molecule has 1 aliphatic heterocycles. The predicted molar refractivity (Wildman–Crippen MR) is 105 cm³/mol. The smallest absolute Gasteiger partial charge is 0.228 e. The summed E-state index contributed by atoms with van der Waals surface area (Å²) in [5.41, 5.74) is 0. The number of pyridine rings is 2. The van der Waals surface area contributed by atoms with E-state index >= 15 is 0 Å². The molecular weight excluding hydrogens is 387 g/mol. The van der Waals surface area contributed by atoms with Gasteiger partial charge in [-0.25, -0.2) is 9.97 Å². The van der Waals surface area contributed by atoms with Crippen LogP contribution in [0.1, 0.15) is 26.2 Å². The molecule has 1 saturated heterocycles. The maximum atomic E-state index is 12.6. The third-order valence-electron chi connectivity index (χ3n) is 5.66. The average Bonchev–Trinajstić information content (AvgIpc) is 3.42. The van der Waals surface area contributed by atoms with Crippen LogP contribution in [-0.2, 0) is 9.59 Å². The van der Waals surface area contributed by atoms with Crippen molar-refractivity contribution in [2.75, 3.05) is 18.4 Å². The normalized spacial score (nSPS) is 22.7. The van der Waals surface area contributed by atoms with Crippen LogP contribution in [0.5, 0.6) is 0 Å². The summed E-state index contributed by atoms with van der Waals surface area (Å²) in [5.74, 6) is 1.59. The van der Waals surface area contributed by atoms with Gasteiger partial charge >= 0.3 is 0 Å². The van der Waals surface area contributed by atoms with Crippen molar-refractivity contribution in [2.24, 2.45) is 17.8 Å². The molecule has 0 aromatic carbocycles. The number of nitrogens with one attached hydrogen (secondary N) is 1. The van der Waals surface area contributed by atoms with Crippen LogP contribution >= 0.6 is 23.2 Å². The van der Waals surface area contributed by atoms with Gasteiger partial charge in [0.2, 0.25) is 11.8 Å². The van der Waals surface area contributed by atoms with E-state index in [1.165, 1.54) is 0 Å². The molecule has 142 valence electrons. The van der Waals surface area contributed by atoms with Gasteiger partial charge in [0.1, 0.15) is 16.1 Å². The highest BCUT2D eigenvalue weighted by molar-refractivity contribution is 6.36. The van der Waals surface area contributed by atoms with Crippen molar-refractivity contribution in [3.05, 3.63) is 28.6 Å². The van der Waals surface area contributed by atoms with E-state index in [9.17, 15) is 9.59 Å². The Hall–Kier alpha value is -1.92. The van der Waals surface area contributed by atoms with Crippen molar-refractivity contribution in [1.82, 2.24) is 14.9 Å². The zero-order valence-corrected chi connectivity index (χ0v) is 16.4. The van der Waals surface area contributed by atoms with Crippen LogP contribution in [0.3, 0.4) is 0 Å². The molecule has 3 heterocycles. The van der Waals surface area contributed by atoms with Gasteiger partial charge in [0, 0.05) is 37.5 Å². The number of carbonyl (C=O) groups excluding carboxylic acids is 2. The van der Waals surface area contributed by atoms with Gasteiger partial charge < -0.3 is 10.2 Å². The summed E-state index contributed by atoms with van der Waals surface area (Å²) < 4.78 is 0. The number of aromatic nitrogens is 2. The number of likely N-dealkylation sites (tertiary alicyclic amines) is 1. The summed E-state index contributed by atoms with van der Waals surface area (Å²) in [6, 6.07) is 3.46. The second kappa shape index (κ2) is 7.24. The van der Waals surface area contributed by atoms with Crippen molar-refractivity contribution in [2.45, 2.75) is 26.2 Å². The first-order valence-electron chi connectivity index (χ1n) is 9.10. The maximum absolute atomic E-state index is 12.6. The van der Waals surface area contributed by atoms with Crippen LogP contribution in [0, 0.1) is 17.8 Å². The first-order chi connectivity index (χ1) is 12.9. The van der Waals surface area contributed by atoms with Crippen LogP contribution < -0.4 is 5.32 Å². The molecule has 2 amide bonds. The standard InChI is InChI=1S/C19H20Cl2N4O2/c1-10(26)25-4-2-11(3-5-25)13-8-14(13)19(27)24-17-7-12-6-16(20)23-18(21)15(12)9-22-17/h6-7,9,11,13-14H,2-5,8H2,1H3,(H,22,24,27). The van der Waals surface area contributed by atoms with Crippen LogP contribution in [0.4, 0.5) is 5.82 Å². The van der Waals surface area contributed by atoms with Crippen molar-refractivity contribution < 1.29 is 9.59 Å². The number of rotatable bonds is 3. The van der Waals surface area contributed by atoms with Gasteiger partial charge in [-0.3, -0.25) is 9.59 Å². The van der Waals surface area contributed by atoms with Gasteiger partial charge in [0.15, 0.2) is 0 Å². The highest BCUT2D eigenvalue weighted by Crippen LogP contribution is 2.48. The van der Waals surface area contributed by atoms with E-state index < -0.39 is 0 Å². The quantitative estimate of drug-likeness (QED) is 0.786. The molecule has 8 heteroatoms. The van der Waals surface area contributed by atoms with E-state index in [1.807, 2.05) is 4.90 Å². The number of hydrogen-bond donors (Lipinski definition) is 1. The lowest BCUT2D eigenvalue weighted by atomic mass is 9.91. The molecule has 1 saturated carbocycles. The molecule has 2 aliphatic rings. The third kappa shape index (κ3) is 3.87. The Morgan fingerprint density at radius 1 is 1.22 bits per heavy atom. The van der Waals surface area contributed by atoms with Gasteiger partial charge in [-0.15, -0.1) is 0 Å². The van der Waals surface area contributed by atoms with Crippen LogP contribution in [0.15, 0.2) is 18.3 Å². The monoisotopic (exact) mass is 406 g/mol. The Labute approximate surface area is 167 Å². The lowest BCUT2D eigenvalue weighted by Gasteiger charge is -2.31. The summed E-state index contributed by atoms with van der Waals surface area (Å²) in [6.07, 6.45) is 4.46. The fourth-order valence-corrected chi connectivity index (χ4v) is 4.54. The largest absolute Gasteiger partial charge is 0.343 e. The Balaban J connectivity index is 1.38. The molecular formula is C19H20Cl2N4O2. The Kier molecular flexibility index (Phi) is 4.95. The summed E-state index contributed by atoms with van der Waals surface area (Å²) >= 11 is 12.0. The lowest BCUT2D eigenvalue weighted by molar-refractivity contribution is -0.130. The molecule has 6 nitrogen and oxygen atoms in total. The topological polar surface area (TPSA) is 75.2 Å². The molecule has 2 unspecified atom stereocenters. The fourth-order valence-electron chi connectivity index (χ4n) is 4.04. The van der Waals surface area contributed by atoms with Gasteiger partial charge in [0.25, 0.3) is 0 Å². The molecule has 27 heavy (non-hydrogen) atoms. The zero-order chi connectivity index (χ0) is 19.1. The number of hydrogen-bond acceptors (Lipinski definition) is 4. The highest BCUT2D eigenvalue weighted by Gasteiger charge is 2.48. The molecule has 2 aromatic rings. The molecule has 2 aromatic heterocycles. The van der Waals surface area contributed by atoms with Crippen LogP contribution in [0.2, 0.25) is 10.3 Å². The summed E-state index contributed by atoms with van der Waals surface area (Å²) in [4.78, 5) is 34.2. The van der Waals surface area contributed by atoms with Gasteiger partial charge in [0.05, 0.1) is 0 Å². The van der Waals surface area contributed by atoms with Crippen molar-refractivity contribution in [3.63, 3.8) is 0 Å². The second-order valence-corrected chi connectivity index (χ2v) is 8.11. The fraction of sp³-hybridized carbons (Fsp3) is 0.474. The zero-order valence-electron chi connectivity index (χ0n) is 14.9. The summed E-state index contributed by atoms with van der Waals surface area (Å²) in [5, 5.41) is 4.99. The summed E-state index contributed by atoms with van der Waals surface area (Å²) in [7, 11) is 0. The van der Waals surface area contributed by atoms with Crippen molar-refractivity contribution >= 4 is 51.6 Å². The predicted octanol–water partition coefficient (Wildman–Crippen LogP) is 3.77. The van der Waals surface area contributed by atoms with Gasteiger partial charge in [-0.1, -0.05) is 23.2 Å². The molecule has 0 spiro atoms. The minimum Gasteiger partial charge on any atom is -0.343 e. The van der Waals surface area contributed by atoms with Gasteiger partial charge in [-0.05, 0) is 48.6 Å². The van der Waals surface area contributed by atoms with E-state index in [1.54, 1.807) is 25.3 Å². The van der Waals surface area contributed by atoms with Crippen molar-refractivity contribution in [3.8, 4) is 0 Å².